The van der Waals surface area contributed by atoms with E-state index in [-0.39, 0.29) is 11.9 Å². The fraction of sp³-hybridized carbons (Fsp3) is 0.409. The van der Waals surface area contributed by atoms with Crippen molar-refractivity contribution in [2.45, 2.75) is 45.8 Å². The van der Waals surface area contributed by atoms with Gasteiger partial charge in [0, 0.05) is 48.6 Å². The third-order valence-electron chi connectivity index (χ3n) is 5.59. The summed E-state index contributed by atoms with van der Waals surface area (Å²) in [5, 5.41) is 12.9. The van der Waals surface area contributed by atoms with Crippen molar-refractivity contribution >= 4 is 45.8 Å². The Labute approximate surface area is 191 Å². The molecule has 1 fully saturated rings. The first-order chi connectivity index (χ1) is 15.0. The number of rotatable bonds is 6. The summed E-state index contributed by atoms with van der Waals surface area (Å²) in [4.78, 5) is 17.7. The number of amides is 1. The normalized spacial score (nSPS) is 14.7. The molecule has 2 N–H and O–H groups in total. The number of aryl methyl sites for hydroxylation is 2. The number of anilines is 1. The summed E-state index contributed by atoms with van der Waals surface area (Å²) >= 11 is 12.4. The molecule has 1 amide bonds. The molecule has 0 atom stereocenters. The first kappa shape index (κ1) is 21.9. The van der Waals surface area contributed by atoms with Crippen LogP contribution < -0.4 is 10.6 Å². The van der Waals surface area contributed by atoms with Gasteiger partial charge in [-0.3, -0.25) is 4.79 Å². The third-order valence-corrected chi connectivity index (χ3v) is 6.14. The fourth-order valence-electron chi connectivity index (χ4n) is 3.85. The van der Waals surface area contributed by atoms with E-state index in [1.807, 2.05) is 24.6 Å². The molecule has 0 saturated carbocycles. The predicted octanol–water partition coefficient (Wildman–Crippen LogP) is 4.59. The summed E-state index contributed by atoms with van der Waals surface area (Å²) < 4.78 is 7.29. The van der Waals surface area contributed by atoms with Gasteiger partial charge in [0.15, 0.2) is 5.65 Å². The number of nitrogens with one attached hydrogen (secondary N) is 2. The molecule has 4 rings (SSSR count). The van der Waals surface area contributed by atoms with Gasteiger partial charge >= 0.3 is 0 Å². The van der Waals surface area contributed by atoms with Gasteiger partial charge in [-0.2, -0.15) is 5.10 Å². The van der Waals surface area contributed by atoms with Crippen molar-refractivity contribution in [3.05, 3.63) is 51.3 Å². The Morgan fingerprint density at radius 2 is 2.03 bits per heavy atom. The molecule has 164 valence electrons. The van der Waals surface area contributed by atoms with Crippen LogP contribution in [-0.4, -0.2) is 39.9 Å². The highest BCUT2D eigenvalue weighted by molar-refractivity contribution is 6.35. The lowest BCUT2D eigenvalue weighted by Crippen LogP contribution is -2.30. The molecule has 0 spiro atoms. The van der Waals surface area contributed by atoms with E-state index < -0.39 is 0 Å². The molecule has 1 saturated heterocycles. The van der Waals surface area contributed by atoms with Crippen LogP contribution in [0.1, 0.15) is 41.3 Å². The predicted molar refractivity (Wildman–Crippen MR) is 123 cm³/mol. The van der Waals surface area contributed by atoms with Gasteiger partial charge in [0.2, 0.25) is 0 Å². The number of benzene rings is 1. The molecular formula is C22H25Cl2N5O2. The van der Waals surface area contributed by atoms with E-state index in [0.29, 0.717) is 41.9 Å². The summed E-state index contributed by atoms with van der Waals surface area (Å²) in [6.45, 7) is 6.34. The minimum absolute atomic E-state index is 0.223. The first-order valence-electron chi connectivity index (χ1n) is 10.4. The van der Waals surface area contributed by atoms with E-state index in [2.05, 4.69) is 20.7 Å². The van der Waals surface area contributed by atoms with Gasteiger partial charge < -0.3 is 15.4 Å². The number of halogens is 2. The van der Waals surface area contributed by atoms with Crippen molar-refractivity contribution in [3.63, 3.8) is 0 Å². The van der Waals surface area contributed by atoms with Crippen LogP contribution in [0.3, 0.4) is 0 Å². The zero-order chi connectivity index (χ0) is 22.0. The second-order valence-electron chi connectivity index (χ2n) is 7.64. The van der Waals surface area contributed by atoms with Crippen LogP contribution >= 0.6 is 23.2 Å². The summed E-state index contributed by atoms with van der Waals surface area (Å²) in [7, 11) is 0. The summed E-state index contributed by atoms with van der Waals surface area (Å²) in [6, 6.07) is 3.74. The largest absolute Gasteiger partial charge is 0.381 e. The second kappa shape index (κ2) is 9.42. The average Bonchev–Trinajstić information content (AvgIpc) is 3.17. The minimum atomic E-state index is -0.223. The third kappa shape index (κ3) is 4.63. The van der Waals surface area contributed by atoms with Gasteiger partial charge in [0.1, 0.15) is 0 Å². The van der Waals surface area contributed by atoms with Gasteiger partial charge in [-0.05, 0) is 49.9 Å². The lowest BCUT2D eigenvalue weighted by atomic mass is 10.1. The Balaban J connectivity index is 1.64. The average molecular weight is 462 g/mol. The van der Waals surface area contributed by atoms with Gasteiger partial charge in [0.25, 0.3) is 5.91 Å². The molecule has 0 unspecified atom stereocenters. The molecule has 2 aromatic heterocycles. The second-order valence-corrected chi connectivity index (χ2v) is 8.48. The van der Waals surface area contributed by atoms with Crippen molar-refractivity contribution in [2.24, 2.45) is 0 Å². The van der Waals surface area contributed by atoms with Crippen molar-refractivity contribution in [1.29, 1.82) is 0 Å². The molecule has 3 heterocycles. The maximum atomic E-state index is 13.2. The summed E-state index contributed by atoms with van der Waals surface area (Å²) in [6.07, 6.45) is 5.15. The summed E-state index contributed by atoms with van der Waals surface area (Å²) in [5.41, 5.74) is 3.76. The van der Waals surface area contributed by atoms with Crippen molar-refractivity contribution in [3.8, 4) is 0 Å². The van der Waals surface area contributed by atoms with Crippen molar-refractivity contribution < 1.29 is 9.53 Å². The molecular weight excluding hydrogens is 437 g/mol. The molecule has 31 heavy (non-hydrogen) atoms. The van der Waals surface area contributed by atoms with Crippen LogP contribution in [-0.2, 0) is 17.8 Å². The highest BCUT2D eigenvalue weighted by atomic mass is 35.5. The maximum absolute atomic E-state index is 13.2. The van der Waals surface area contributed by atoms with E-state index in [1.165, 1.54) is 0 Å². The van der Waals surface area contributed by atoms with Gasteiger partial charge in [-0.1, -0.05) is 23.2 Å². The lowest BCUT2D eigenvalue weighted by Gasteiger charge is -2.25. The highest BCUT2D eigenvalue weighted by Gasteiger charge is 2.22. The number of carbonyl (C=O) groups is 1. The molecule has 0 aliphatic carbocycles. The molecule has 3 aromatic rings. The van der Waals surface area contributed by atoms with Crippen molar-refractivity contribution in [1.82, 2.24) is 20.1 Å². The number of hydrogen-bond acceptors (Lipinski definition) is 5. The first-order valence-corrected chi connectivity index (χ1v) is 11.1. The Bertz CT molecular complexity index is 1090. The van der Waals surface area contributed by atoms with E-state index in [0.717, 1.165) is 40.7 Å². The fourth-order valence-corrected chi connectivity index (χ4v) is 4.51. The van der Waals surface area contributed by atoms with Gasteiger partial charge in [-0.15, -0.1) is 0 Å². The summed E-state index contributed by atoms with van der Waals surface area (Å²) in [5.74, 6) is -0.223. The Kier molecular flexibility index (Phi) is 6.65. The molecule has 0 bridgehead atoms. The Hall–Kier alpha value is -2.35. The minimum Gasteiger partial charge on any atom is -0.381 e. The molecule has 1 aliphatic rings. The molecule has 9 heteroatoms. The van der Waals surface area contributed by atoms with Gasteiger partial charge in [-0.25, -0.2) is 9.67 Å². The van der Waals surface area contributed by atoms with Crippen LogP contribution in [0.5, 0.6) is 0 Å². The zero-order valence-corrected chi connectivity index (χ0v) is 19.1. The molecule has 1 aromatic carbocycles. The molecule has 7 nitrogen and oxygen atoms in total. The molecule has 0 radical (unpaired) electrons. The zero-order valence-electron chi connectivity index (χ0n) is 17.5. The van der Waals surface area contributed by atoms with Gasteiger partial charge in [0.05, 0.1) is 22.8 Å². The van der Waals surface area contributed by atoms with E-state index in [9.17, 15) is 4.79 Å². The van der Waals surface area contributed by atoms with Crippen LogP contribution in [0.15, 0.2) is 24.5 Å². The van der Waals surface area contributed by atoms with Crippen LogP contribution in [0.2, 0.25) is 10.0 Å². The van der Waals surface area contributed by atoms with E-state index >= 15 is 0 Å². The number of pyridine rings is 1. The van der Waals surface area contributed by atoms with Crippen molar-refractivity contribution in [2.75, 3.05) is 18.5 Å². The number of aromatic nitrogens is 3. The van der Waals surface area contributed by atoms with E-state index in [1.54, 1.807) is 18.5 Å². The number of carbonyl (C=O) groups excluding carboxylic acids is 1. The Morgan fingerprint density at radius 3 is 2.74 bits per heavy atom. The SMILES string of the molecule is CCn1ncc2c(NC3CCOCC3)c(C(=O)NCc3c(C)cc(Cl)cc3Cl)cnc21. The number of fused-ring (bicyclic) bond motifs is 1. The highest BCUT2D eigenvalue weighted by Crippen LogP contribution is 2.29. The molecule has 1 aliphatic heterocycles. The number of hydrogen-bond donors (Lipinski definition) is 2. The number of nitrogens with zero attached hydrogens (tertiary/aromatic N) is 3. The quantitative estimate of drug-likeness (QED) is 0.560. The Morgan fingerprint density at radius 1 is 1.26 bits per heavy atom. The van der Waals surface area contributed by atoms with E-state index in [4.69, 9.17) is 27.9 Å². The van der Waals surface area contributed by atoms with Crippen LogP contribution in [0.25, 0.3) is 11.0 Å². The standard InChI is InChI=1S/C22H25Cl2N5O2/c1-3-29-21-17(12-27-29)20(28-15-4-6-31-7-5-15)18(11-25-21)22(30)26-10-16-13(2)8-14(23)9-19(16)24/h8-9,11-12,15H,3-7,10H2,1-2H3,(H,25,28)(H,26,30). The lowest BCUT2D eigenvalue weighted by molar-refractivity contribution is 0.0904. The maximum Gasteiger partial charge on any atom is 0.255 e. The van der Waals surface area contributed by atoms with Crippen LogP contribution in [0.4, 0.5) is 5.69 Å². The smallest absolute Gasteiger partial charge is 0.255 e. The number of ether oxygens (including phenoxy) is 1. The monoisotopic (exact) mass is 461 g/mol. The van der Waals surface area contributed by atoms with Crippen LogP contribution in [0, 0.1) is 6.92 Å². The topological polar surface area (TPSA) is 81.1 Å².